The SMILES string of the molecule is CN=C(NCc1ccc(OC)nc1)NCc1ccccc1C. The molecule has 0 radical (unpaired) electrons. The molecule has 1 heterocycles. The number of aryl methyl sites for hydroxylation is 1. The number of aliphatic imine (C=N–C) groups is 1. The number of rotatable bonds is 5. The third-order valence-corrected chi connectivity index (χ3v) is 3.40. The van der Waals surface area contributed by atoms with Gasteiger partial charge < -0.3 is 15.4 Å². The normalized spacial score (nSPS) is 11.1. The predicted octanol–water partition coefficient (Wildman–Crippen LogP) is 2.26. The van der Waals surface area contributed by atoms with E-state index in [1.165, 1.54) is 11.1 Å². The molecule has 0 atom stereocenters. The van der Waals surface area contributed by atoms with Crippen LogP contribution in [0.25, 0.3) is 0 Å². The highest BCUT2D eigenvalue weighted by Crippen LogP contribution is 2.07. The molecule has 0 spiro atoms. The van der Waals surface area contributed by atoms with Crippen LogP contribution >= 0.6 is 0 Å². The number of nitrogens with one attached hydrogen (secondary N) is 2. The highest BCUT2D eigenvalue weighted by Gasteiger charge is 2.01. The maximum atomic E-state index is 5.05. The smallest absolute Gasteiger partial charge is 0.212 e. The zero-order valence-electron chi connectivity index (χ0n) is 13.3. The highest BCUT2D eigenvalue weighted by atomic mass is 16.5. The van der Waals surface area contributed by atoms with Gasteiger partial charge in [-0.1, -0.05) is 30.3 Å². The van der Waals surface area contributed by atoms with E-state index in [9.17, 15) is 0 Å². The lowest BCUT2D eigenvalue weighted by Gasteiger charge is -2.13. The summed E-state index contributed by atoms with van der Waals surface area (Å²) in [6, 6.07) is 12.1. The van der Waals surface area contributed by atoms with Crippen molar-refractivity contribution < 1.29 is 4.74 Å². The van der Waals surface area contributed by atoms with Crippen molar-refractivity contribution in [2.45, 2.75) is 20.0 Å². The molecule has 22 heavy (non-hydrogen) atoms. The Bertz CT molecular complexity index is 623. The maximum Gasteiger partial charge on any atom is 0.212 e. The van der Waals surface area contributed by atoms with E-state index in [4.69, 9.17) is 4.74 Å². The second kappa shape index (κ2) is 8.02. The molecule has 0 aliphatic heterocycles. The van der Waals surface area contributed by atoms with Crippen LogP contribution in [0.5, 0.6) is 5.88 Å². The number of methoxy groups -OCH3 is 1. The van der Waals surface area contributed by atoms with Crippen LogP contribution in [0, 0.1) is 6.92 Å². The lowest BCUT2D eigenvalue weighted by Crippen LogP contribution is -2.36. The van der Waals surface area contributed by atoms with Crippen LogP contribution in [-0.2, 0) is 13.1 Å². The van der Waals surface area contributed by atoms with Gasteiger partial charge in [0.25, 0.3) is 0 Å². The molecule has 5 heteroatoms. The van der Waals surface area contributed by atoms with Crippen LogP contribution in [0.2, 0.25) is 0 Å². The van der Waals surface area contributed by atoms with Crippen molar-refractivity contribution in [2.75, 3.05) is 14.2 Å². The third-order valence-electron chi connectivity index (χ3n) is 3.40. The summed E-state index contributed by atoms with van der Waals surface area (Å²) in [5.74, 6) is 1.38. The van der Waals surface area contributed by atoms with Gasteiger partial charge in [-0.3, -0.25) is 4.99 Å². The molecule has 0 aliphatic rings. The molecule has 1 aromatic heterocycles. The van der Waals surface area contributed by atoms with Crippen LogP contribution in [0.4, 0.5) is 0 Å². The van der Waals surface area contributed by atoms with Gasteiger partial charge in [-0.15, -0.1) is 0 Å². The summed E-state index contributed by atoms with van der Waals surface area (Å²) in [7, 11) is 3.37. The van der Waals surface area contributed by atoms with Gasteiger partial charge >= 0.3 is 0 Å². The number of nitrogens with zero attached hydrogens (tertiary/aromatic N) is 2. The fraction of sp³-hybridized carbons (Fsp3) is 0.294. The lowest BCUT2D eigenvalue weighted by atomic mass is 10.1. The number of guanidine groups is 1. The van der Waals surface area contributed by atoms with Gasteiger partial charge in [-0.05, 0) is 23.6 Å². The molecule has 0 amide bonds. The van der Waals surface area contributed by atoms with Crippen LogP contribution in [0.3, 0.4) is 0 Å². The topological polar surface area (TPSA) is 58.5 Å². The second-order valence-corrected chi connectivity index (χ2v) is 4.91. The second-order valence-electron chi connectivity index (χ2n) is 4.91. The first-order valence-electron chi connectivity index (χ1n) is 7.21. The number of hydrogen-bond acceptors (Lipinski definition) is 3. The summed E-state index contributed by atoms with van der Waals surface area (Å²) >= 11 is 0. The largest absolute Gasteiger partial charge is 0.481 e. The van der Waals surface area contributed by atoms with E-state index in [-0.39, 0.29) is 0 Å². The molecule has 2 N–H and O–H groups in total. The average Bonchev–Trinajstić information content (AvgIpc) is 2.57. The molecule has 116 valence electrons. The van der Waals surface area contributed by atoms with Crippen molar-refractivity contribution in [1.82, 2.24) is 15.6 Å². The highest BCUT2D eigenvalue weighted by molar-refractivity contribution is 5.79. The predicted molar refractivity (Wildman–Crippen MR) is 89.0 cm³/mol. The summed E-state index contributed by atoms with van der Waals surface area (Å²) in [5.41, 5.74) is 3.60. The molecule has 0 unspecified atom stereocenters. The molecule has 0 saturated carbocycles. The Balaban J connectivity index is 1.86. The Morgan fingerprint density at radius 2 is 1.91 bits per heavy atom. The van der Waals surface area contributed by atoms with E-state index in [0.717, 1.165) is 18.1 Å². The Hall–Kier alpha value is -2.56. The number of ether oxygens (including phenoxy) is 1. The van der Waals surface area contributed by atoms with Gasteiger partial charge in [0.2, 0.25) is 5.88 Å². The third kappa shape index (κ3) is 4.48. The molecule has 0 aliphatic carbocycles. The molecule has 0 bridgehead atoms. The molecule has 5 nitrogen and oxygen atoms in total. The van der Waals surface area contributed by atoms with Gasteiger partial charge in [0.05, 0.1) is 7.11 Å². The Labute approximate surface area is 131 Å². The van der Waals surface area contributed by atoms with Crippen molar-refractivity contribution in [3.8, 4) is 5.88 Å². The summed E-state index contributed by atoms with van der Waals surface area (Å²) in [6.07, 6.45) is 1.79. The van der Waals surface area contributed by atoms with Crippen molar-refractivity contribution in [3.05, 3.63) is 59.3 Å². The summed E-state index contributed by atoms with van der Waals surface area (Å²) < 4.78 is 5.05. The van der Waals surface area contributed by atoms with Crippen molar-refractivity contribution in [3.63, 3.8) is 0 Å². The maximum absolute atomic E-state index is 5.05. The lowest BCUT2D eigenvalue weighted by molar-refractivity contribution is 0.397. The van der Waals surface area contributed by atoms with Gasteiger partial charge in [0.15, 0.2) is 5.96 Å². The summed E-state index contributed by atoms with van der Waals surface area (Å²) in [6.45, 7) is 3.51. The zero-order valence-corrected chi connectivity index (χ0v) is 13.3. The van der Waals surface area contributed by atoms with Crippen molar-refractivity contribution in [2.24, 2.45) is 4.99 Å². The quantitative estimate of drug-likeness (QED) is 0.657. The minimum atomic E-state index is 0.616. The minimum Gasteiger partial charge on any atom is -0.481 e. The fourth-order valence-corrected chi connectivity index (χ4v) is 2.03. The molecule has 2 rings (SSSR count). The molecular weight excluding hydrogens is 276 g/mol. The van der Waals surface area contributed by atoms with E-state index in [2.05, 4.69) is 39.7 Å². The van der Waals surface area contributed by atoms with Gasteiger partial charge in [-0.2, -0.15) is 0 Å². The van der Waals surface area contributed by atoms with Gasteiger partial charge in [-0.25, -0.2) is 4.98 Å². The summed E-state index contributed by atoms with van der Waals surface area (Å²) in [5, 5.41) is 6.58. The number of hydrogen-bond donors (Lipinski definition) is 2. The molecule has 1 aromatic carbocycles. The Kier molecular flexibility index (Phi) is 5.77. The Morgan fingerprint density at radius 1 is 1.14 bits per heavy atom. The monoisotopic (exact) mass is 298 g/mol. The van der Waals surface area contributed by atoms with Crippen molar-refractivity contribution in [1.29, 1.82) is 0 Å². The molecule has 0 fully saturated rings. The average molecular weight is 298 g/mol. The first-order chi connectivity index (χ1) is 10.7. The summed E-state index contributed by atoms with van der Waals surface area (Å²) in [4.78, 5) is 8.41. The van der Waals surface area contributed by atoms with Gasteiger partial charge in [0, 0.05) is 32.4 Å². The first kappa shape index (κ1) is 15.8. The van der Waals surface area contributed by atoms with E-state index in [0.29, 0.717) is 12.4 Å². The fourth-order valence-electron chi connectivity index (χ4n) is 2.03. The van der Waals surface area contributed by atoms with E-state index in [1.54, 1.807) is 20.4 Å². The van der Waals surface area contributed by atoms with Crippen LogP contribution < -0.4 is 15.4 Å². The first-order valence-corrected chi connectivity index (χ1v) is 7.21. The Morgan fingerprint density at radius 3 is 2.55 bits per heavy atom. The van der Waals surface area contributed by atoms with Crippen LogP contribution in [0.15, 0.2) is 47.6 Å². The number of aromatic nitrogens is 1. The van der Waals surface area contributed by atoms with E-state index < -0.39 is 0 Å². The van der Waals surface area contributed by atoms with Gasteiger partial charge in [0.1, 0.15) is 0 Å². The molecule has 0 saturated heterocycles. The van der Waals surface area contributed by atoms with Crippen LogP contribution in [-0.4, -0.2) is 25.1 Å². The number of pyridine rings is 1. The van der Waals surface area contributed by atoms with Crippen molar-refractivity contribution >= 4 is 5.96 Å². The molecular formula is C17H22N4O. The zero-order chi connectivity index (χ0) is 15.8. The van der Waals surface area contributed by atoms with E-state index in [1.807, 2.05) is 24.3 Å². The number of benzene rings is 1. The molecule has 2 aromatic rings. The van der Waals surface area contributed by atoms with Crippen LogP contribution in [0.1, 0.15) is 16.7 Å². The van der Waals surface area contributed by atoms with E-state index >= 15 is 0 Å². The standard InChI is InChI=1S/C17H22N4O/c1-13-6-4-5-7-15(13)12-21-17(18-2)20-11-14-8-9-16(22-3)19-10-14/h4-10H,11-12H2,1-3H3,(H2,18,20,21). The minimum absolute atomic E-state index is 0.616.